The Kier molecular flexibility index (Phi) is 2.00. The van der Waals surface area contributed by atoms with Crippen LogP contribution in [-0.4, -0.2) is 26.1 Å². The summed E-state index contributed by atoms with van der Waals surface area (Å²) in [6.45, 7) is 0. The molecule has 1 aromatic carbocycles. The molecule has 3 aromatic rings. The van der Waals surface area contributed by atoms with E-state index in [1.165, 1.54) is 11.3 Å². The third-order valence-electron chi connectivity index (χ3n) is 2.20. The van der Waals surface area contributed by atoms with E-state index in [9.17, 15) is 4.79 Å². The smallest absolute Gasteiger partial charge is 0.234 e. The van der Waals surface area contributed by atoms with E-state index in [1.54, 1.807) is 16.9 Å². The molecule has 0 aliphatic heterocycles. The minimum atomic E-state index is 0.632. The molecule has 2 heterocycles. The SMILES string of the molecule is O=Cc1ccccc1-c1nn2cnnc2s1. The molecule has 0 saturated heterocycles. The Hall–Kier alpha value is -2.08. The van der Waals surface area contributed by atoms with E-state index < -0.39 is 0 Å². The Morgan fingerprint density at radius 2 is 2.19 bits per heavy atom. The molecule has 3 rings (SSSR count). The third-order valence-corrected chi connectivity index (χ3v) is 3.15. The van der Waals surface area contributed by atoms with Crippen molar-refractivity contribution < 1.29 is 4.79 Å². The Bertz CT molecular complexity index is 629. The van der Waals surface area contributed by atoms with Crippen LogP contribution in [0.15, 0.2) is 30.6 Å². The van der Waals surface area contributed by atoms with Gasteiger partial charge in [0.05, 0.1) is 0 Å². The van der Waals surface area contributed by atoms with E-state index in [1.807, 2.05) is 18.2 Å². The van der Waals surface area contributed by atoms with Crippen molar-refractivity contribution in [3.63, 3.8) is 0 Å². The van der Waals surface area contributed by atoms with Crippen molar-refractivity contribution in [3.05, 3.63) is 36.2 Å². The van der Waals surface area contributed by atoms with Crippen LogP contribution in [0, 0.1) is 0 Å². The number of nitrogens with zero attached hydrogens (tertiary/aromatic N) is 4. The third kappa shape index (κ3) is 1.31. The van der Waals surface area contributed by atoms with Gasteiger partial charge in [-0.15, -0.1) is 10.2 Å². The van der Waals surface area contributed by atoms with Crippen molar-refractivity contribution in [3.8, 4) is 10.6 Å². The first kappa shape index (κ1) is 9.17. The Morgan fingerprint density at radius 1 is 1.31 bits per heavy atom. The van der Waals surface area contributed by atoms with Crippen molar-refractivity contribution in [1.82, 2.24) is 19.8 Å². The summed E-state index contributed by atoms with van der Waals surface area (Å²) in [5.41, 5.74) is 1.46. The fraction of sp³-hybridized carbons (Fsp3) is 0. The van der Waals surface area contributed by atoms with Gasteiger partial charge in [0.1, 0.15) is 11.3 Å². The molecule has 2 aromatic heterocycles. The molecule has 0 fully saturated rings. The lowest BCUT2D eigenvalue weighted by atomic mass is 10.1. The van der Waals surface area contributed by atoms with E-state index in [4.69, 9.17) is 0 Å². The lowest BCUT2D eigenvalue weighted by Crippen LogP contribution is -1.87. The number of aromatic nitrogens is 4. The number of aldehydes is 1. The number of hydrogen-bond donors (Lipinski definition) is 0. The molecule has 0 atom stereocenters. The second kappa shape index (κ2) is 3.49. The van der Waals surface area contributed by atoms with Crippen LogP contribution >= 0.6 is 11.3 Å². The molecule has 0 N–H and O–H groups in total. The first-order valence-electron chi connectivity index (χ1n) is 4.60. The van der Waals surface area contributed by atoms with Gasteiger partial charge in [-0.25, -0.2) is 0 Å². The van der Waals surface area contributed by atoms with Gasteiger partial charge in [-0.3, -0.25) is 4.79 Å². The summed E-state index contributed by atoms with van der Waals surface area (Å²) in [5.74, 6) is 0. The summed E-state index contributed by atoms with van der Waals surface area (Å²) in [4.78, 5) is 11.6. The minimum Gasteiger partial charge on any atom is -0.298 e. The van der Waals surface area contributed by atoms with E-state index >= 15 is 0 Å². The number of benzene rings is 1. The number of carbonyl (C=O) groups excluding carboxylic acids is 1. The van der Waals surface area contributed by atoms with Crippen molar-refractivity contribution in [2.45, 2.75) is 0 Å². The molecule has 0 saturated carbocycles. The summed E-state index contributed by atoms with van der Waals surface area (Å²) in [6.07, 6.45) is 2.37. The maximum absolute atomic E-state index is 10.9. The topological polar surface area (TPSA) is 60.2 Å². The van der Waals surface area contributed by atoms with Gasteiger partial charge in [-0.1, -0.05) is 35.6 Å². The van der Waals surface area contributed by atoms with Crippen molar-refractivity contribution in [1.29, 1.82) is 0 Å². The predicted molar refractivity (Wildman–Crippen MR) is 59.5 cm³/mol. The predicted octanol–water partition coefficient (Wildman–Crippen LogP) is 1.67. The molecule has 0 aliphatic carbocycles. The molecule has 6 heteroatoms. The van der Waals surface area contributed by atoms with Crippen LogP contribution < -0.4 is 0 Å². The van der Waals surface area contributed by atoms with Gasteiger partial charge in [-0.05, 0) is 0 Å². The van der Waals surface area contributed by atoms with E-state index in [0.29, 0.717) is 5.56 Å². The average Bonchev–Trinajstić information content (AvgIpc) is 2.89. The van der Waals surface area contributed by atoms with Gasteiger partial charge in [0.25, 0.3) is 0 Å². The van der Waals surface area contributed by atoms with Crippen LogP contribution in [0.3, 0.4) is 0 Å². The van der Waals surface area contributed by atoms with Crippen LogP contribution in [-0.2, 0) is 0 Å². The second-order valence-corrected chi connectivity index (χ2v) is 4.13. The minimum absolute atomic E-state index is 0.632. The van der Waals surface area contributed by atoms with E-state index in [0.717, 1.165) is 21.8 Å². The van der Waals surface area contributed by atoms with Crippen LogP contribution in [0.2, 0.25) is 0 Å². The molecule has 78 valence electrons. The van der Waals surface area contributed by atoms with Crippen molar-refractivity contribution in [2.75, 3.05) is 0 Å². The highest BCUT2D eigenvalue weighted by Crippen LogP contribution is 2.26. The van der Waals surface area contributed by atoms with Gasteiger partial charge in [-0.2, -0.15) is 9.61 Å². The number of rotatable bonds is 2. The molecule has 0 bridgehead atoms. The Balaban J connectivity index is 2.22. The van der Waals surface area contributed by atoms with Crippen molar-refractivity contribution >= 4 is 22.6 Å². The maximum atomic E-state index is 10.9. The summed E-state index contributed by atoms with van der Waals surface area (Å²) in [5, 5.41) is 12.7. The zero-order chi connectivity index (χ0) is 11.0. The first-order chi connectivity index (χ1) is 7.88. The molecule has 16 heavy (non-hydrogen) atoms. The number of hydrogen-bond acceptors (Lipinski definition) is 5. The van der Waals surface area contributed by atoms with Crippen LogP contribution in [0.4, 0.5) is 0 Å². The maximum Gasteiger partial charge on any atom is 0.234 e. The monoisotopic (exact) mass is 230 g/mol. The highest BCUT2D eigenvalue weighted by molar-refractivity contribution is 7.19. The average molecular weight is 230 g/mol. The van der Waals surface area contributed by atoms with Crippen molar-refractivity contribution in [2.24, 2.45) is 0 Å². The Morgan fingerprint density at radius 3 is 3.00 bits per heavy atom. The summed E-state index contributed by atoms with van der Waals surface area (Å²) >= 11 is 1.41. The molecule has 0 aliphatic rings. The summed E-state index contributed by atoms with van der Waals surface area (Å²) in [6, 6.07) is 7.35. The molecule has 5 nitrogen and oxygen atoms in total. The fourth-order valence-corrected chi connectivity index (χ4v) is 2.33. The Labute approximate surface area is 94.4 Å². The standard InChI is InChI=1S/C10H6N4OS/c15-5-7-3-1-2-4-8(7)9-13-14-6-11-12-10(14)16-9/h1-6H. The zero-order valence-electron chi connectivity index (χ0n) is 8.07. The molecular formula is C10H6N4OS. The summed E-state index contributed by atoms with van der Waals surface area (Å²) in [7, 11) is 0. The normalized spacial score (nSPS) is 10.8. The molecule has 0 radical (unpaired) electrons. The second-order valence-electron chi connectivity index (χ2n) is 3.17. The van der Waals surface area contributed by atoms with E-state index in [-0.39, 0.29) is 0 Å². The lowest BCUT2D eigenvalue weighted by Gasteiger charge is -1.97. The molecule has 0 unspecified atom stereocenters. The van der Waals surface area contributed by atoms with Crippen LogP contribution in [0.1, 0.15) is 10.4 Å². The fourth-order valence-electron chi connectivity index (χ4n) is 1.46. The molecular weight excluding hydrogens is 224 g/mol. The highest BCUT2D eigenvalue weighted by Gasteiger charge is 2.10. The van der Waals surface area contributed by atoms with Crippen LogP contribution in [0.25, 0.3) is 15.5 Å². The number of carbonyl (C=O) groups is 1. The van der Waals surface area contributed by atoms with Gasteiger partial charge < -0.3 is 0 Å². The largest absolute Gasteiger partial charge is 0.298 e. The summed E-state index contributed by atoms with van der Waals surface area (Å²) < 4.78 is 1.60. The molecule has 0 spiro atoms. The van der Waals surface area contributed by atoms with Gasteiger partial charge in [0, 0.05) is 11.1 Å². The van der Waals surface area contributed by atoms with Gasteiger partial charge in [0.2, 0.25) is 4.96 Å². The zero-order valence-corrected chi connectivity index (χ0v) is 8.89. The van der Waals surface area contributed by atoms with Gasteiger partial charge in [0.15, 0.2) is 6.29 Å². The van der Waals surface area contributed by atoms with Gasteiger partial charge >= 0.3 is 0 Å². The lowest BCUT2D eigenvalue weighted by molar-refractivity contribution is 0.112. The quantitative estimate of drug-likeness (QED) is 0.628. The van der Waals surface area contributed by atoms with Crippen LogP contribution in [0.5, 0.6) is 0 Å². The first-order valence-corrected chi connectivity index (χ1v) is 5.41. The molecule has 0 amide bonds. The van der Waals surface area contributed by atoms with E-state index in [2.05, 4.69) is 15.3 Å². The highest BCUT2D eigenvalue weighted by atomic mass is 32.1. The number of fused-ring (bicyclic) bond motifs is 1.